The highest BCUT2D eigenvalue weighted by molar-refractivity contribution is 5.78. The third kappa shape index (κ3) is 4.49. The van der Waals surface area contributed by atoms with Crippen LogP contribution >= 0.6 is 0 Å². The molecule has 4 N–H and O–H groups in total. The first-order chi connectivity index (χ1) is 12.8. The lowest BCUT2D eigenvalue weighted by Gasteiger charge is -2.11. The summed E-state index contributed by atoms with van der Waals surface area (Å²) in [6.45, 7) is 4.33. The fraction of sp³-hybridized carbons (Fsp3) is 0.389. The molecule has 27 heavy (non-hydrogen) atoms. The number of hydrogen-bond donors (Lipinski definition) is 3. The van der Waals surface area contributed by atoms with Gasteiger partial charge in [0.2, 0.25) is 17.8 Å². The maximum atomic E-state index is 12.2. The van der Waals surface area contributed by atoms with Crippen molar-refractivity contribution in [3.8, 4) is 0 Å². The Morgan fingerprint density at radius 1 is 1.15 bits per heavy atom. The minimum atomic E-state index is -0.104. The first kappa shape index (κ1) is 18.6. The number of rotatable bonds is 6. The number of anilines is 2. The molecule has 142 valence electrons. The van der Waals surface area contributed by atoms with E-state index in [1.165, 1.54) is 11.1 Å². The molecule has 0 bridgehead atoms. The number of hydrogen-bond acceptors (Lipinski definition) is 7. The summed E-state index contributed by atoms with van der Waals surface area (Å²) in [5.41, 5.74) is 10.0. The molecule has 0 saturated heterocycles. The van der Waals surface area contributed by atoms with Crippen LogP contribution in [0.4, 0.5) is 11.9 Å². The molecule has 0 aliphatic rings. The minimum Gasteiger partial charge on any atom is -0.368 e. The zero-order valence-electron chi connectivity index (χ0n) is 16.0. The number of H-pyrrole nitrogens is 1. The number of fused-ring (bicyclic) bond motifs is 1. The monoisotopic (exact) mass is 368 g/mol. The number of nitrogens with two attached hydrogens (primary N) is 1. The van der Waals surface area contributed by atoms with Gasteiger partial charge in [0, 0.05) is 26.9 Å². The lowest BCUT2D eigenvalue weighted by atomic mass is 10.1. The minimum absolute atomic E-state index is 0.104. The fourth-order valence-corrected chi connectivity index (χ4v) is 2.64. The highest BCUT2D eigenvalue weighted by Crippen LogP contribution is 2.17. The van der Waals surface area contributed by atoms with Gasteiger partial charge in [-0.1, -0.05) is 0 Å². The van der Waals surface area contributed by atoms with Crippen LogP contribution in [0.5, 0.6) is 0 Å². The van der Waals surface area contributed by atoms with Crippen LogP contribution < -0.4 is 16.0 Å². The highest BCUT2D eigenvalue weighted by Gasteiger charge is 2.10. The first-order valence-corrected chi connectivity index (χ1v) is 8.72. The van der Waals surface area contributed by atoms with Gasteiger partial charge in [-0.2, -0.15) is 15.0 Å². The van der Waals surface area contributed by atoms with E-state index in [0.29, 0.717) is 24.6 Å². The van der Waals surface area contributed by atoms with E-state index in [0.717, 1.165) is 16.9 Å². The molecule has 2 heterocycles. The van der Waals surface area contributed by atoms with Crippen molar-refractivity contribution >= 4 is 28.8 Å². The Morgan fingerprint density at radius 2 is 1.89 bits per heavy atom. The Bertz CT molecular complexity index is 940. The van der Waals surface area contributed by atoms with E-state index in [-0.39, 0.29) is 18.4 Å². The summed E-state index contributed by atoms with van der Waals surface area (Å²) in [5.74, 6) is 1.71. The molecule has 0 atom stereocenters. The lowest BCUT2D eigenvalue weighted by molar-refractivity contribution is -0.121. The van der Waals surface area contributed by atoms with Crippen molar-refractivity contribution in [3.05, 3.63) is 34.9 Å². The number of carbonyl (C=O) groups excluding carboxylic acids is 1. The number of aromatic nitrogens is 5. The zero-order valence-corrected chi connectivity index (χ0v) is 16.0. The normalized spacial score (nSPS) is 11.0. The van der Waals surface area contributed by atoms with Crippen LogP contribution in [0.1, 0.15) is 29.2 Å². The summed E-state index contributed by atoms with van der Waals surface area (Å²) in [5, 5.41) is 2.81. The van der Waals surface area contributed by atoms with Crippen molar-refractivity contribution in [3.63, 3.8) is 0 Å². The van der Waals surface area contributed by atoms with Crippen LogP contribution in [0.2, 0.25) is 0 Å². The standard InChI is InChI=1S/C18H24N8O/c1-10-7-12-13(8-11(10)2)22-14(21-12)5-6-16(27)20-9-15-23-17(19)25-18(24-15)26(3)4/h7-8H,5-6,9H2,1-4H3,(H,20,27)(H,21,22)(H2,19,23,24,25). The summed E-state index contributed by atoms with van der Waals surface area (Å²) >= 11 is 0. The maximum absolute atomic E-state index is 12.2. The maximum Gasteiger partial charge on any atom is 0.229 e. The number of nitrogens with one attached hydrogen (secondary N) is 2. The molecule has 0 aliphatic heterocycles. The van der Waals surface area contributed by atoms with Gasteiger partial charge in [-0.05, 0) is 37.1 Å². The van der Waals surface area contributed by atoms with Crippen molar-refractivity contribution in [2.24, 2.45) is 0 Å². The van der Waals surface area contributed by atoms with E-state index in [1.54, 1.807) is 4.90 Å². The molecule has 0 unspecified atom stereocenters. The third-order valence-electron chi connectivity index (χ3n) is 4.27. The second kappa shape index (κ2) is 7.56. The Labute approximate surface area is 157 Å². The molecule has 0 spiro atoms. The van der Waals surface area contributed by atoms with E-state index in [9.17, 15) is 4.79 Å². The number of nitrogens with zero attached hydrogens (tertiary/aromatic N) is 5. The Kier molecular flexibility index (Phi) is 5.20. The van der Waals surface area contributed by atoms with Crippen molar-refractivity contribution in [1.29, 1.82) is 0 Å². The molecule has 3 aromatic rings. The number of nitrogen functional groups attached to an aromatic ring is 1. The average Bonchev–Trinajstić information content (AvgIpc) is 2.99. The molecule has 2 aromatic heterocycles. The number of carbonyl (C=O) groups is 1. The van der Waals surface area contributed by atoms with E-state index in [4.69, 9.17) is 5.73 Å². The molecule has 9 nitrogen and oxygen atoms in total. The van der Waals surface area contributed by atoms with Crippen LogP contribution in [-0.4, -0.2) is 44.9 Å². The predicted molar refractivity (Wildman–Crippen MR) is 104 cm³/mol. The van der Waals surface area contributed by atoms with Gasteiger partial charge in [-0.3, -0.25) is 4.79 Å². The summed E-state index contributed by atoms with van der Waals surface area (Å²) in [6, 6.07) is 4.13. The smallest absolute Gasteiger partial charge is 0.229 e. The fourth-order valence-electron chi connectivity index (χ4n) is 2.64. The van der Waals surface area contributed by atoms with Gasteiger partial charge in [0.15, 0.2) is 5.82 Å². The molecule has 0 radical (unpaired) electrons. The quantitative estimate of drug-likeness (QED) is 0.598. The van der Waals surface area contributed by atoms with Crippen molar-refractivity contribution in [2.45, 2.75) is 33.2 Å². The number of benzene rings is 1. The summed E-state index contributed by atoms with van der Waals surface area (Å²) in [6.07, 6.45) is 0.847. The van der Waals surface area contributed by atoms with Gasteiger partial charge in [-0.15, -0.1) is 0 Å². The predicted octanol–water partition coefficient (Wildman–Crippen LogP) is 1.26. The number of imidazole rings is 1. The van der Waals surface area contributed by atoms with Gasteiger partial charge < -0.3 is 20.9 Å². The average molecular weight is 368 g/mol. The molecular weight excluding hydrogens is 344 g/mol. The van der Waals surface area contributed by atoms with E-state index in [2.05, 4.69) is 56.2 Å². The number of aryl methyl sites for hydroxylation is 3. The molecule has 0 saturated carbocycles. The summed E-state index contributed by atoms with van der Waals surface area (Å²) in [7, 11) is 3.63. The highest BCUT2D eigenvalue weighted by atomic mass is 16.1. The van der Waals surface area contributed by atoms with Gasteiger partial charge >= 0.3 is 0 Å². The van der Waals surface area contributed by atoms with Crippen LogP contribution in [0.25, 0.3) is 11.0 Å². The van der Waals surface area contributed by atoms with E-state index in [1.807, 2.05) is 14.1 Å². The molecule has 0 aliphatic carbocycles. The van der Waals surface area contributed by atoms with E-state index < -0.39 is 0 Å². The van der Waals surface area contributed by atoms with E-state index >= 15 is 0 Å². The Hall–Kier alpha value is -3.23. The van der Waals surface area contributed by atoms with Gasteiger partial charge in [0.1, 0.15) is 5.82 Å². The van der Waals surface area contributed by atoms with Crippen LogP contribution in [0.3, 0.4) is 0 Å². The third-order valence-corrected chi connectivity index (χ3v) is 4.27. The largest absolute Gasteiger partial charge is 0.368 e. The SMILES string of the molecule is Cc1cc2nc(CCC(=O)NCc3nc(N)nc(N(C)C)n3)[nH]c2cc1C. The van der Waals surface area contributed by atoms with Gasteiger partial charge in [-0.25, -0.2) is 4.98 Å². The molecule has 1 amide bonds. The molecule has 3 rings (SSSR count). The summed E-state index contributed by atoms with van der Waals surface area (Å²) < 4.78 is 0. The number of aromatic amines is 1. The molecular formula is C18H24N8O. The molecule has 1 aromatic carbocycles. The van der Waals surface area contributed by atoms with Crippen molar-refractivity contribution in [1.82, 2.24) is 30.2 Å². The number of amides is 1. The first-order valence-electron chi connectivity index (χ1n) is 8.72. The Morgan fingerprint density at radius 3 is 2.63 bits per heavy atom. The Balaban J connectivity index is 1.57. The lowest BCUT2D eigenvalue weighted by Crippen LogP contribution is -2.25. The topological polar surface area (TPSA) is 126 Å². The van der Waals surface area contributed by atoms with Gasteiger partial charge in [0.25, 0.3) is 0 Å². The van der Waals surface area contributed by atoms with Gasteiger partial charge in [0.05, 0.1) is 17.6 Å². The van der Waals surface area contributed by atoms with Crippen molar-refractivity contribution < 1.29 is 4.79 Å². The summed E-state index contributed by atoms with van der Waals surface area (Å²) in [4.78, 5) is 34.0. The van der Waals surface area contributed by atoms with Crippen molar-refractivity contribution in [2.75, 3.05) is 24.7 Å². The van der Waals surface area contributed by atoms with Crippen LogP contribution in [0.15, 0.2) is 12.1 Å². The van der Waals surface area contributed by atoms with Crippen LogP contribution in [0, 0.1) is 13.8 Å². The van der Waals surface area contributed by atoms with Crippen LogP contribution in [-0.2, 0) is 17.8 Å². The second-order valence-corrected chi connectivity index (χ2v) is 6.72. The zero-order chi connectivity index (χ0) is 19.6. The molecule has 9 heteroatoms. The second-order valence-electron chi connectivity index (χ2n) is 6.72. The molecule has 0 fully saturated rings.